The van der Waals surface area contributed by atoms with Crippen LogP contribution < -0.4 is 10.6 Å². The van der Waals surface area contributed by atoms with Gasteiger partial charge in [0, 0.05) is 43.8 Å². The quantitative estimate of drug-likeness (QED) is 0.504. The van der Waals surface area contributed by atoms with Crippen molar-refractivity contribution >= 4 is 38.7 Å². The molecule has 3 aliphatic rings. The summed E-state index contributed by atoms with van der Waals surface area (Å²) in [6.07, 6.45) is 11.0. The third kappa shape index (κ3) is 4.04. The number of carbonyl (C=O) groups is 1. The number of thiophene rings is 1. The molecule has 1 saturated heterocycles. The first-order valence-corrected chi connectivity index (χ1v) is 13.7. The van der Waals surface area contributed by atoms with Crippen molar-refractivity contribution in [2.75, 3.05) is 19.6 Å². The van der Waals surface area contributed by atoms with Crippen molar-refractivity contribution in [2.45, 2.75) is 51.5 Å². The van der Waals surface area contributed by atoms with E-state index < -0.39 is 0 Å². The maximum atomic E-state index is 13.0. The van der Waals surface area contributed by atoms with Crippen LogP contribution in [-0.2, 0) is 24.2 Å². The monoisotopic (exact) mass is 470 g/mol. The van der Waals surface area contributed by atoms with E-state index in [-0.39, 0.29) is 2.85 Å². The molecule has 32 heavy (non-hydrogen) atoms. The molecule has 2 N–H and O–H groups in total. The van der Waals surface area contributed by atoms with Crippen LogP contribution in [0.1, 0.15) is 50.3 Å². The number of hydrogen-bond donors (Lipinski definition) is 2. The highest BCUT2D eigenvalue weighted by Gasteiger charge is 2.36. The molecule has 172 valence electrons. The molecule has 0 aromatic carbocycles. The summed E-state index contributed by atoms with van der Waals surface area (Å²) in [6, 6.07) is 2.04. The normalized spacial score (nSPS) is 24.7. The van der Waals surface area contributed by atoms with Crippen LogP contribution in [0.3, 0.4) is 0 Å². The second kappa shape index (κ2) is 8.93. The lowest BCUT2D eigenvalue weighted by Gasteiger charge is -2.13. The van der Waals surface area contributed by atoms with Crippen LogP contribution in [0.25, 0.3) is 20.8 Å². The molecule has 7 heteroatoms. The average molecular weight is 471 g/mol. The van der Waals surface area contributed by atoms with E-state index in [0.29, 0.717) is 18.6 Å². The number of thiazole rings is 1. The molecule has 1 aliphatic carbocycles. The predicted molar refractivity (Wildman–Crippen MR) is 136 cm³/mol. The lowest BCUT2D eigenvalue weighted by molar-refractivity contribution is -0.118. The SMILES string of the molecule is O=C(CCCC1C[C@H]2CNC[C@H]2C1)Cc1sc2c(c1-c1nc3cnccc3s1)CCNC2.[HH].[HH]. The third-order valence-electron chi connectivity index (χ3n) is 7.58. The van der Waals surface area contributed by atoms with E-state index >= 15 is 0 Å². The molecule has 2 fully saturated rings. The summed E-state index contributed by atoms with van der Waals surface area (Å²) < 4.78 is 1.16. The molecule has 2 aliphatic heterocycles. The topological polar surface area (TPSA) is 66.9 Å². The molecule has 3 atom stereocenters. The van der Waals surface area contributed by atoms with Crippen molar-refractivity contribution in [3.8, 4) is 10.6 Å². The van der Waals surface area contributed by atoms with Gasteiger partial charge in [-0.05, 0) is 74.7 Å². The number of carbonyl (C=O) groups excluding carboxylic acids is 1. The summed E-state index contributed by atoms with van der Waals surface area (Å²) in [7, 11) is 0. The zero-order valence-corrected chi connectivity index (χ0v) is 20.0. The Hall–Kier alpha value is -1.67. The van der Waals surface area contributed by atoms with Crippen molar-refractivity contribution in [3.05, 3.63) is 33.8 Å². The largest absolute Gasteiger partial charge is 0.316 e. The molecule has 1 saturated carbocycles. The minimum atomic E-state index is 0. The number of hydrogen-bond acceptors (Lipinski definition) is 7. The first kappa shape index (κ1) is 20.9. The lowest BCUT2D eigenvalue weighted by atomic mass is 9.96. The summed E-state index contributed by atoms with van der Waals surface area (Å²) in [5.41, 5.74) is 3.61. The summed E-state index contributed by atoms with van der Waals surface area (Å²) in [5.74, 6) is 3.02. The third-order valence-corrected chi connectivity index (χ3v) is 9.87. The number of pyridine rings is 1. The highest BCUT2D eigenvalue weighted by Crippen LogP contribution is 2.43. The van der Waals surface area contributed by atoms with Crippen LogP contribution in [0.4, 0.5) is 0 Å². The Morgan fingerprint density at radius 2 is 2.06 bits per heavy atom. The van der Waals surface area contributed by atoms with Gasteiger partial charge in [-0.3, -0.25) is 9.78 Å². The van der Waals surface area contributed by atoms with Gasteiger partial charge in [-0.15, -0.1) is 22.7 Å². The van der Waals surface area contributed by atoms with E-state index in [0.717, 1.165) is 58.9 Å². The van der Waals surface area contributed by atoms with Gasteiger partial charge in [0.15, 0.2) is 0 Å². The number of Topliss-reactive ketones (excluding diaryl/α,β-unsaturated/α-hetero) is 1. The maximum absolute atomic E-state index is 13.0. The second-order valence-electron chi connectivity index (χ2n) is 9.71. The smallest absolute Gasteiger partial charge is 0.138 e. The van der Waals surface area contributed by atoms with E-state index in [9.17, 15) is 4.79 Å². The minimum Gasteiger partial charge on any atom is -0.316 e. The molecule has 5 heterocycles. The molecule has 0 radical (unpaired) electrons. The van der Waals surface area contributed by atoms with E-state index in [1.165, 1.54) is 53.2 Å². The fraction of sp³-hybridized carbons (Fsp3) is 0.560. The van der Waals surface area contributed by atoms with Crippen LogP contribution in [-0.4, -0.2) is 35.4 Å². The van der Waals surface area contributed by atoms with Gasteiger partial charge in [-0.2, -0.15) is 0 Å². The lowest BCUT2D eigenvalue weighted by Crippen LogP contribution is -2.22. The standard InChI is InChI=1S/C25H30N4OS2.2H2/c30-18(3-1-2-15-8-16-11-28-12-17(16)9-15)10-22-24(19-4-6-27-14-23(19)31-22)25-29-20-13-26-7-5-21(20)32-25;;/h5,7,13,15-17,27-28H,1-4,6,8-12,14H2;2*1H/t15?,16-,17+;;. The van der Waals surface area contributed by atoms with Gasteiger partial charge in [-0.25, -0.2) is 4.98 Å². The van der Waals surface area contributed by atoms with E-state index in [4.69, 9.17) is 4.98 Å². The molecule has 3 aromatic rings. The van der Waals surface area contributed by atoms with Gasteiger partial charge >= 0.3 is 0 Å². The Morgan fingerprint density at radius 1 is 1.19 bits per heavy atom. The van der Waals surface area contributed by atoms with Crippen LogP contribution >= 0.6 is 22.7 Å². The van der Waals surface area contributed by atoms with Crippen molar-refractivity contribution in [3.63, 3.8) is 0 Å². The average Bonchev–Trinajstić information content (AvgIpc) is 3.54. The van der Waals surface area contributed by atoms with Gasteiger partial charge in [-0.1, -0.05) is 6.42 Å². The Bertz CT molecular complexity index is 1100. The molecule has 1 unspecified atom stereocenters. The molecule has 0 spiro atoms. The van der Waals surface area contributed by atoms with Crippen molar-refractivity contribution in [1.82, 2.24) is 20.6 Å². The van der Waals surface area contributed by atoms with Crippen molar-refractivity contribution in [1.29, 1.82) is 0 Å². The number of nitrogens with zero attached hydrogens (tertiary/aromatic N) is 2. The Balaban J connectivity index is 0.00000137. The Labute approximate surface area is 200 Å². The summed E-state index contributed by atoms with van der Waals surface area (Å²) in [5, 5.41) is 8.07. The van der Waals surface area contributed by atoms with Crippen LogP contribution in [0.15, 0.2) is 18.5 Å². The number of aromatic nitrogens is 2. The van der Waals surface area contributed by atoms with Gasteiger partial charge in [0.05, 0.1) is 10.9 Å². The van der Waals surface area contributed by atoms with Gasteiger partial charge in [0.2, 0.25) is 0 Å². The van der Waals surface area contributed by atoms with Gasteiger partial charge < -0.3 is 10.6 Å². The van der Waals surface area contributed by atoms with Gasteiger partial charge in [0.25, 0.3) is 0 Å². The number of nitrogens with one attached hydrogen (secondary N) is 2. The molecule has 3 aromatic heterocycles. The maximum Gasteiger partial charge on any atom is 0.138 e. The first-order chi connectivity index (χ1) is 15.7. The summed E-state index contributed by atoms with van der Waals surface area (Å²) >= 11 is 3.56. The minimum absolute atomic E-state index is 0. The fourth-order valence-electron chi connectivity index (χ4n) is 6.03. The second-order valence-corrected chi connectivity index (χ2v) is 11.9. The summed E-state index contributed by atoms with van der Waals surface area (Å²) in [4.78, 5) is 24.7. The number of rotatable bonds is 7. The van der Waals surface area contributed by atoms with Crippen molar-refractivity contribution < 1.29 is 7.65 Å². The fourth-order valence-corrected chi connectivity index (χ4v) is 8.49. The van der Waals surface area contributed by atoms with Crippen LogP contribution in [0.5, 0.6) is 0 Å². The van der Waals surface area contributed by atoms with E-state index in [2.05, 4.69) is 15.6 Å². The zero-order chi connectivity index (χ0) is 21.5. The molecular formula is C25H34N4OS2. The van der Waals surface area contributed by atoms with E-state index in [1.54, 1.807) is 11.3 Å². The summed E-state index contributed by atoms with van der Waals surface area (Å²) in [6.45, 7) is 4.33. The predicted octanol–water partition coefficient (Wildman–Crippen LogP) is 5.09. The Morgan fingerprint density at radius 3 is 2.91 bits per heavy atom. The zero-order valence-electron chi connectivity index (χ0n) is 18.4. The molecule has 0 amide bonds. The molecule has 0 bridgehead atoms. The highest BCUT2D eigenvalue weighted by molar-refractivity contribution is 7.22. The van der Waals surface area contributed by atoms with Crippen molar-refractivity contribution in [2.24, 2.45) is 17.8 Å². The number of fused-ring (bicyclic) bond motifs is 3. The molecular weight excluding hydrogens is 436 g/mol. The van der Waals surface area contributed by atoms with Crippen LogP contribution in [0, 0.1) is 17.8 Å². The first-order valence-electron chi connectivity index (χ1n) is 12.0. The van der Waals surface area contributed by atoms with E-state index in [1.807, 2.05) is 29.8 Å². The highest BCUT2D eigenvalue weighted by atomic mass is 32.1. The molecule has 5 nitrogen and oxygen atoms in total. The Kier molecular flexibility index (Phi) is 5.84. The molecule has 6 rings (SSSR count). The van der Waals surface area contributed by atoms with Gasteiger partial charge in [0.1, 0.15) is 16.3 Å². The number of ketones is 1. The van der Waals surface area contributed by atoms with Crippen LogP contribution in [0.2, 0.25) is 0 Å².